The molecule has 1 heterocycles. The van der Waals surface area contributed by atoms with Crippen LogP contribution in [0.3, 0.4) is 0 Å². The lowest BCUT2D eigenvalue weighted by Crippen LogP contribution is -2.42. The summed E-state index contributed by atoms with van der Waals surface area (Å²) in [6, 6.07) is 1.99. The van der Waals surface area contributed by atoms with Crippen molar-refractivity contribution in [1.82, 2.24) is 5.32 Å². The van der Waals surface area contributed by atoms with E-state index in [-0.39, 0.29) is 11.1 Å². The summed E-state index contributed by atoms with van der Waals surface area (Å²) in [5.41, 5.74) is 0.465. The van der Waals surface area contributed by atoms with Gasteiger partial charge in [-0.1, -0.05) is 6.42 Å². The van der Waals surface area contributed by atoms with Gasteiger partial charge in [0, 0.05) is 6.04 Å². The van der Waals surface area contributed by atoms with Crippen LogP contribution < -0.4 is 5.32 Å². The molecule has 1 N–H and O–H groups in total. The maximum Gasteiger partial charge on any atom is 0.256 e. The van der Waals surface area contributed by atoms with E-state index in [4.69, 9.17) is 16.0 Å². The lowest BCUT2D eigenvalue weighted by Gasteiger charge is -2.32. The topological polar surface area (TPSA) is 42.2 Å². The van der Waals surface area contributed by atoms with Crippen molar-refractivity contribution in [3.05, 3.63) is 23.1 Å². The normalized spacial score (nSPS) is 39.5. The van der Waals surface area contributed by atoms with E-state index in [0.717, 1.165) is 24.2 Å². The number of hydrogen-bond acceptors (Lipinski definition) is 2. The molecule has 3 nitrogen and oxygen atoms in total. The predicted octanol–water partition coefficient (Wildman–Crippen LogP) is 3.49. The molecule has 3 aliphatic rings. The van der Waals surface area contributed by atoms with Crippen molar-refractivity contribution in [3.63, 3.8) is 0 Å². The zero-order valence-corrected chi connectivity index (χ0v) is 11.5. The molecule has 1 amide bonds. The molecule has 4 heteroatoms. The van der Waals surface area contributed by atoms with E-state index in [1.807, 2.05) is 0 Å². The smallest absolute Gasteiger partial charge is 0.256 e. The monoisotopic (exact) mass is 279 g/mol. The Morgan fingerprint density at radius 2 is 2.11 bits per heavy atom. The lowest BCUT2D eigenvalue weighted by molar-refractivity contribution is 0.0900. The molecular weight excluding hydrogens is 262 g/mol. The minimum Gasteiger partial charge on any atom is -0.452 e. The summed E-state index contributed by atoms with van der Waals surface area (Å²) in [5, 5.41) is 3.38. The van der Waals surface area contributed by atoms with Gasteiger partial charge in [0.05, 0.1) is 11.8 Å². The third kappa shape index (κ3) is 1.74. The van der Waals surface area contributed by atoms with Crippen LogP contribution in [0.1, 0.15) is 42.5 Å². The highest BCUT2D eigenvalue weighted by atomic mass is 35.5. The van der Waals surface area contributed by atoms with Crippen molar-refractivity contribution in [2.45, 2.75) is 38.1 Å². The number of hydrogen-bond donors (Lipinski definition) is 1. The van der Waals surface area contributed by atoms with E-state index in [1.54, 1.807) is 6.07 Å². The van der Waals surface area contributed by atoms with Gasteiger partial charge in [0.2, 0.25) is 5.22 Å². The maximum atomic E-state index is 12.2. The van der Waals surface area contributed by atoms with E-state index in [1.165, 1.54) is 31.9 Å². The van der Waals surface area contributed by atoms with Gasteiger partial charge in [-0.25, -0.2) is 0 Å². The summed E-state index contributed by atoms with van der Waals surface area (Å²) in [7, 11) is 0. The number of furan rings is 1. The molecule has 0 aromatic carbocycles. The van der Waals surface area contributed by atoms with Crippen LogP contribution in [0.4, 0.5) is 0 Å². The molecule has 1 aromatic rings. The average Bonchev–Trinajstić information content (AvgIpc) is 3.07. The molecule has 5 unspecified atom stereocenters. The highest BCUT2D eigenvalue weighted by Gasteiger charge is 2.54. The van der Waals surface area contributed by atoms with E-state index in [2.05, 4.69) is 5.32 Å². The first-order chi connectivity index (χ1) is 9.24. The molecule has 102 valence electrons. The largest absolute Gasteiger partial charge is 0.452 e. The van der Waals surface area contributed by atoms with Gasteiger partial charge in [-0.15, -0.1) is 0 Å². The Morgan fingerprint density at radius 3 is 2.89 bits per heavy atom. The summed E-state index contributed by atoms with van der Waals surface area (Å²) < 4.78 is 4.99. The van der Waals surface area contributed by atoms with Crippen molar-refractivity contribution in [1.29, 1.82) is 0 Å². The van der Waals surface area contributed by atoms with Crippen LogP contribution in [0.25, 0.3) is 0 Å². The minimum absolute atomic E-state index is 0.0779. The van der Waals surface area contributed by atoms with Crippen LogP contribution in [-0.2, 0) is 0 Å². The van der Waals surface area contributed by atoms with Crippen LogP contribution >= 0.6 is 11.6 Å². The summed E-state index contributed by atoms with van der Waals surface area (Å²) in [6.07, 6.45) is 8.11. The number of carbonyl (C=O) groups is 1. The van der Waals surface area contributed by atoms with Gasteiger partial charge in [0.15, 0.2) is 0 Å². The summed E-state index contributed by atoms with van der Waals surface area (Å²) in [6.45, 7) is 0. The summed E-state index contributed by atoms with van der Waals surface area (Å²) in [5.74, 6) is 3.29. The molecule has 4 rings (SSSR count). The summed E-state index contributed by atoms with van der Waals surface area (Å²) >= 11 is 5.86. The van der Waals surface area contributed by atoms with Gasteiger partial charge in [-0.05, 0) is 67.0 Å². The lowest BCUT2D eigenvalue weighted by atomic mass is 9.79. The Balaban J connectivity index is 1.48. The molecule has 0 spiro atoms. The van der Waals surface area contributed by atoms with Gasteiger partial charge in [-0.3, -0.25) is 4.79 Å². The Hall–Kier alpha value is -0.960. The molecule has 3 aliphatic carbocycles. The predicted molar refractivity (Wildman–Crippen MR) is 72.0 cm³/mol. The van der Waals surface area contributed by atoms with Gasteiger partial charge >= 0.3 is 0 Å². The molecule has 5 atom stereocenters. The Bertz CT molecular complexity index is 512. The molecule has 0 radical (unpaired) electrons. The van der Waals surface area contributed by atoms with E-state index >= 15 is 0 Å². The number of fused-ring (bicyclic) bond motifs is 5. The SMILES string of the molecule is O=C(NC1CC2CC1C1CCCC21)c1ccoc1Cl. The van der Waals surface area contributed by atoms with Crippen molar-refractivity contribution in [2.75, 3.05) is 0 Å². The molecule has 2 bridgehead atoms. The van der Waals surface area contributed by atoms with Crippen LogP contribution in [0.15, 0.2) is 16.7 Å². The molecule has 3 saturated carbocycles. The van der Waals surface area contributed by atoms with Crippen LogP contribution in [-0.4, -0.2) is 11.9 Å². The first-order valence-corrected chi connectivity index (χ1v) is 7.65. The Morgan fingerprint density at radius 1 is 1.26 bits per heavy atom. The standard InChI is InChI=1S/C15H18ClNO2/c16-14-11(4-5-19-14)15(18)17-13-7-8-6-12(13)10-3-1-2-9(8)10/h4-5,8-10,12-13H,1-3,6-7H2,(H,17,18). The number of halogens is 1. The Labute approximate surface area is 117 Å². The zero-order chi connectivity index (χ0) is 13.0. The Kier molecular flexibility index (Phi) is 2.66. The van der Waals surface area contributed by atoms with E-state index in [9.17, 15) is 4.79 Å². The van der Waals surface area contributed by atoms with Gasteiger partial charge in [0.1, 0.15) is 0 Å². The number of nitrogens with one attached hydrogen (secondary N) is 1. The van der Waals surface area contributed by atoms with Gasteiger partial charge < -0.3 is 9.73 Å². The van der Waals surface area contributed by atoms with Crippen LogP contribution in [0, 0.1) is 23.7 Å². The zero-order valence-electron chi connectivity index (χ0n) is 10.8. The fourth-order valence-corrected chi connectivity index (χ4v) is 5.14. The maximum absolute atomic E-state index is 12.2. The molecular formula is C15H18ClNO2. The second-order valence-corrected chi connectivity index (χ2v) is 6.69. The molecule has 0 aliphatic heterocycles. The van der Waals surface area contributed by atoms with Gasteiger partial charge in [0.25, 0.3) is 5.91 Å². The molecule has 0 saturated heterocycles. The van der Waals surface area contributed by atoms with Crippen molar-refractivity contribution in [3.8, 4) is 0 Å². The second kappa shape index (κ2) is 4.27. The highest BCUT2D eigenvalue weighted by molar-refractivity contribution is 6.32. The highest BCUT2D eigenvalue weighted by Crippen LogP contribution is 2.58. The van der Waals surface area contributed by atoms with Crippen LogP contribution in [0.2, 0.25) is 5.22 Å². The third-order valence-electron chi connectivity index (χ3n) is 5.61. The fourth-order valence-electron chi connectivity index (χ4n) is 4.94. The number of rotatable bonds is 2. The van der Waals surface area contributed by atoms with E-state index in [0.29, 0.717) is 17.5 Å². The summed E-state index contributed by atoms with van der Waals surface area (Å²) in [4.78, 5) is 12.2. The van der Waals surface area contributed by atoms with Crippen molar-refractivity contribution in [2.24, 2.45) is 23.7 Å². The first kappa shape index (κ1) is 11.8. The van der Waals surface area contributed by atoms with E-state index < -0.39 is 0 Å². The molecule has 3 fully saturated rings. The fraction of sp³-hybridized carbons (Fsp3) is 0.667. The molecule has 19 heavy (non-hydrogen) atoms. The second-order valence-electron chi connectivity index (χ2n) is 6.34. The van der Waals surface area contributed by atoms with Gasteiger partial charge in [-0.2, -0.15) is 0 Å². The quantitative estimate of drug-likeness (QED) is 0.900. The van der Waals surface area contributed by atoms with Crippen molar-refractivity contribution < 1.29 is 9.21 Å². The third-order valence-corrected chi connectivity index (χ3v) is 5.90. The number of amides is 1. The average molecular weight is 280 g/mol. The first-order valence-electron chi connectivity index (χ1n) is 7.28. The van der Waals surface area contributed by atoms with Crippen molar-refractivity contribution >= 4 is 17.5 Å². The number of carbonyl (C=O) groups excluding carboxylic acids is 1. The minimum atomic E-state index is -0.0779. The van der Waals surface area contributed by atoms with Crippen LogP contribution in [0.5, 0.6) is 0 Å². The molecule has 1 aromatic heterocycles.